The van der Waals surface area contributed by atoms with E-state index in [1.165, 1.54) is 11.8 Å². The van der Waals surface area contributed by atoms with Gasteiger partial charge in [0.05, 0.1) is 23.4 Å². The number of amidine groups is 1. The van der Waals surface area contributed by atoms with E-state index in [0.717, 1.165) is 38.4 Å². The normalized spacial score (nSPS) is 15.8. The number of para-hydroxylation sites is 2. The Bertz CT molecular complexity index is 1670. The van der Waals surface area contributed by atoms with Gasteiger partial charge in [-0.25, -0.2) is 4.99 Å². The van der Waals surface area contributed by atoms with Gasteiger partial charge in [0.25, 0.3) is 5.91 Å². The molecule has 1 aliphatic heterocycles. The molecule has 0 N–H and O–H groups in total. The lowest BCUT2D eigenvalue weighted by Crippen LogP contribution is -2.28. The Kier molecular flexibility index (Phi) is 6.66. The molecule has 0 aliphatic carbocycles. The molecule has 5 aromatic rings. The third-order valence-corrected chi connectivity index (χ3v) is 7.83. The number of hydrogen-bond acceptors (Lipinski definition) is 4. The predicted molar refractivity (Wildman–Crippen MR) is 156 cm³/mol. The van der Waals surface area contributed by atoms with Gasteiger partial charge in [0.15, 0.2) is 5.17 Å². The Balaban J connectivity index is 1.41. The fourth-order valence-corrected chi connectivity index (χ4v) is 5.75. The standard InChI is InChI=1S/C31H24ClN3O2S/c1-21-27(26-11-5-6-12-28(26)34(21)19-22-13-15-23(32)16-14-22)18-29-30(36)35(20-25-10-7-17-37-25)31(38-29)33-24-8-3-2-4-9-24/h2-18H,19-20H2,1H3/b29-18-,33-31?. The molecule has 188 valence electrons. The molecule has 0 saturated carbocycles. The van der Waals surface area contributed by atoms with Crippen molar-refractivity contribution in [2.45, 2.75) is 20.0 Å². The van der Waals surface area contributed by atoms with Gasteiger partial charge < -0.3 is 8.98 Å². The summed E-state index contributed by atoms with van der Waals surface area (Å²) in [6, 6.07) is 29.6. The minimum Gasteiger partial charge on any atom is -0.467 e. The van der Waals surface area contributed by atoms with Crippen molar-refractivity contribution in [1.29, 1.82) is 0 Å². The van der Waals surface area contributed by atoms with Crippen LogP contribution < -0.4 is 0 Å². The molecule has 0 radical (unpaired) electrons. The number of fused-ring (bicyclic) bond motifs is 1. The summed E-state index contributed by atoms with van der Waals surface area (Å²) in [7, 11) is 0. The maximum absolute atomic E-state index is 13.7. The molecule has 0 bridgehead atoms. The monoisotopic (exact) mass is 537 g/mol. The summed E-state index contributed by atoms with van der Waals surface area (Å²) in [6.45, 7) is 3.13. The van der Waals surface area contributed by atoms with Crippen LogP contribution in [0.3, 0.4) is 0 Å². The quantitative estimate of drug-likeness (QED) is 0.206. The van der Waals surface area contributed by atoms with E-state index in [-0.39, 0.29) is 5.91 Å². The summed E-state index contributed by atoms with van der Waals surface area (Å²) >= 11 is 7.50. The number of nitrogens with zero attached hydrogens (tertiary/aromatic N) is 3. The Morgan fingerprint density at radius 2 is 1.68 bits per heavy atom. The zero-order chi connectivity index (χ0) is 26.1. The van der Waals surface area contributed by atoms with E-state index in [4.69, 9.17) is 21.0 Å². The van der Waals surface area contributed by atoms with Crippen LogP contribution in [0.2, 0.25) is 5.02 Å². The van der Waals surface area contributed by atoms with Gasteiger partial charge in [-0.3, -0.25) is 9.69 Å². The number of carbonyl (C=O) groups excluding carboxylic acids is 1. The van der Waals surface area contributed by atoms with Crippen molar-refractivity contribution < 1.29 is 9.21 Å². The van der Waals surface area contributed by atoms with Gasteiger partial charge in [-0.15, -0.1) is 0 Å². The second-order valence-electron chi connectivity index (χ2n) is 9.04. The highest BCUT2D eigenvalue weighted by Crippen LogP contribution is 2.38. The number of furan rings is 1. The van der Waals surface area contributed by atoms with Gasteiger partial charge in [-0.1, -0.05) is 60.1 Å². The lowest BCUT2D eigenvalue weighted by atomic mass is 10.1. The van der Waals surface area contributed by atoms with Crippen LogP contribution in [0.1, 0.15) is 22.6 Å². The number of aromatic nitrogens is 1. The number of rotatable bonds is 6. The molecule has 1 fully saturated rings. The molecule has 6 rings (SSSR count). The first kappa shape index (κ1) is 24.3. The van der Waals surface area contributed by atoms with E-state index in [0.29, 0.717) is 28.9 Å². The fourth-order valence-electron chi connectivity index (χ4n) is 4.65. The van der Waals surface area contributed by atoms with Crippen LogP contribution in [0.15, 0.2) is 112 Å². The Labute approximate surface area is 230 Å². The van der Waals surface area contributed by atoms with E-state index in [2.05, 4.69) is 23.6 Å². The van der Waals surface area contributed by atoms with Crippen molar-refractivity contribution in [2.24, 2.45) is 4.99 Å². The molecule has 5 nitrogen and oxygen atoms in total. The van der Waals surface area contributed by atoms with Gasteiger partial charge in [0.2, 0.25) is 0 Å². The van der Waals surface area contributed by atoms with E-state index in [1.807, 2.05) is 84.9 Å². The lowest BCUT2D eigenvalue weighted by Gasteiger charge is -2.13. The average Bonchev–Trinajstić information content (AvgIpc) is 3.62. The SMILES string of the molecule is Cc1c(/C=C2\SC(=Nc3ccccc3)N(Cc3ccco3)C2=O)c2ccccc2n1Cc1ccc(Cl)cc1. The molecule has 1 saturated heterocycles. The molecule has 0 unspecified atom stereocenters. The van der Waals surface area contributed by atoms with Gasteiger partial charge in [-0.05, 0) is 72.8 Å². The van der Waals surface area contributed by atoms with E-state index in [1.54, 1.807) is 11.2 Å². The second-order valence-corrected chi connectivity index (χ2v) is 10.5. The minimum atomic E-state index is -0.0880. The summed E-state index contributed by atoms with van der Waals surface area (Å²) in [4.78, 5) is 20.8. The summed E-state index contributed by atoms with van der Waals surface area (Å²) < 4.78 is 7.84. The number of hydrogen-bond donors (Lipinski definition) is 0. The van der Waals surface area contributed by atoms with Crippen LogP contribution in [-0.4, -0.2) is 20.5 Å². The van der Waals surface area contributed by atoms with Crippen LogP contribution >= 0.6 is 23.4 Å². The van der Waals surface area contributed by atoms with Crippen LogP contribution in [0.5, 0.6) is 0 Å². The lowest BCUT2D eigenvalue weighted by molar-refractivity contribution is -0.122. The highest BCUT2D eigenvalue weighted by molar-refractivity contribution is 8.18. The highest BCUT2D eigenvalue weighted by atomic mass is 35.5. The molecule has 1 aliphatic rings. The van der Waals surface area contributed by atoms with Crippen LogP contribution in [0.25, 0.3) is 17.0 Å². The second kappa shape index (κ2) is 10.4. The zero-order valence-electron chi connectivity index (χ0n) is 20.7. The topological polar surface area (TPSA) is 50.7 Å². The highest BCUT2D eigenvalue weighted by Gasteiger charge is 2.34. The first-order valence-corrected chi connectivity index (χ1v) is 13.5. The maximum Gasteiger partial charge on any atom is 0.267 e. The van der Waals surface area contributed by atoms with Gasteiger partial charge in [-0.2, -0.15) is 0 Å². The number of benzene rings is 3. The number of aliphatic imine (C=N–C) groups is 1. The van der Waals surface area contributed by atoms with Gasteiger partial charge >= 0.3 is 0 Å². The molecule has 7 heteroatoms. The number of carbonyl (C=O) groups is 1. The molecular formula is C31H24ClN3O2S. The van der Waals surface area contributed by atoms with Crippen molar-refractivity contribution >= 4 is 57.1 Å². The Morgan fingerprint density at radius 1 is 0.921 bits per heavy atom. The first-order chi connectivity index (χ1) is 18.6. The summed E-state index contributed by atoms with van der Waals surface area (Å²) in [5.41, 5.74) is 5.19. The van der Waals surface area contributed by atoms with Gasteiger partial charge in [0.1, 0.15) is 5.76 Å². The molecule has 3 heterocycles. The number of amides is 1. The van der Waals surface area contributed by atoms with Crippen molar-refractivity contribution in [3.05, 3.63) is 130 Å². The van der Waals surface area contributed by atoms with Crippen molar-refractivity contribution in [2.75, 3.05) is 0 Å². The third-order valence-electron chi connectivity index (χ3n) is 6.57. The molecule has 3 aromatic carbocycles. The van der Waals surface area contributed by atoms with Crippen LogP contribution in [-0.2, 0) is 17.9 Å². The zero-order valence-corrected chi connectivity index (χ0v) is 22.2. The third kappa shape index (κ3) is 4.80. The summed E-state index contributed by atoms with van der Waals surface area (Å²) in [5, 5.41) is 2.45. The van der Waals surface area contributed by atoms with Crippen molar-refractivity contribution in [1.82, 2.24) is 9.47 Å². The molecular weight excluding hydrogens is 514 g/mol. The van der Waals surface area contributed by atoms with Gasteiger partial charge in [0, 0.05) is 33.7 Å². The van der Waals surface area contributed by atoms with Crippen molar-refractivity contribution in [3.8, 4) is 0 Å². The van der Waals surface area contributed by atoms with Crippen molar-refractivity contribution in [3.63, 3.8) is 0 Å². The molecule has 0 atom stereocenters. The molecule has 38 heavy (non-hydrogen) atoms. The molecule has 1 amide bonds. The first-order valence-electron chi connectivity index (χ1n) is 12.3. The van der Waals surface area contributed by atoms with E-state index >= 15 is 0 Å². The van der Waals surface area contributed by atoms with Crippen LogP contribution in [0.4, 0.5) is 5.69 Å². The Hall–Kier alpha value is -4.00. The van der Waals surface area contributed by atoms with E-state index in [9.17, 15) is 4.79 Å². The molecule has 0 spiro atoms. The Morgan fingerprint density at radius 3 is 2.45 bits per heavy atom. The minimum absolute atomic E-state index is 0.0880. The summed E-state index contributed by atoms with van der Waals surface area (Å²) in [5.74, 6) is 0.617. The fraction of sp³-hybridized carbons (Fsp3) is 0.0968. The van der Waals surface area contributed by atoms with Crippen LogP contribution in [0, 0.1) is 6.92 Å². The smallest absolute Gasteiger partial charge is 0.267 e. The number of halogens is 1. The predicted octanol–water partition coefficient (Wildman–Crippen LogP) is 8.05. The molecule has 2 aromatic heterocycles. The maximum atomic E-state index is 13.7. The van der Waals surface area contributed by atoms with E-state index < -0.39 is 0 Å². The average molecular weight is 538 g/mol. The summed E-state index contributed by atoms with van der Waals surface area (Å²) in [6.07, 6.45) is 3.62. The largest absolute Gasteiger partial charge is 0.467 e. The number of thioether (sulfide) groups is 1.